The van der Waals surface area contributed by atoms with Gasteiger partial charge >= 0.3 is 0 Å². The molecule has 1 amide bonds. The van der Waals surface area contributed by atoms with Crippen molar-refractivity contribution in [3.63, 3.8) is 0 Å². The molecule has 0 spiro atoms. The Morgan fingerprint density at radius 3 is 2.94 bits per heavy atom. The van der Waals surface area contributed by atoms with Crippen LogP contribution in [-0.4, -0.2) is 42.8 Å². The van der Waals surface area contributed by atoms with Gasteiger partial charge in [0.05, 0.1) is 18.8 Å². The number of hydrogen-bond acceptors (Lipinski definition) is 3. The third kappa shape index (κ3) is 2.38. The van der Waals surface area contributed by atoms with E-state index in [0.29, 0.717) is 5.92 Å². The van der Waals surface area contributed by atoms with Gasteiger partial charge in [0, 0.05) is 19.1 Å². The van der Waals surface area contributed by atoms with Crippen molar-refractivity contribution in [1.82, 2.24) is 10.2 Å². The highest BCUT2D eigenvalue weighted by Crippen LogP contribution is 2.20. The Balaban J connectivity index is 1.90. The molecular weight excluding hydrogens is 204 g/mol. The number of amides is 1. The van der Waals surface area contributed by atoms with Crippen LogP contribution < -0.4 is 5.32 Å². The third-order valence-corrected chi connectivity index (χ3v) is 3.61. The standard InChI is InChI=1S/C12H22N2O2/c1-3-11-12(15)14(9(2)13-11)7-10-5-4-6-16-8-10/h9-11,13H,3-8H2,1-2H3. The Hall–Kier alpha value is -0.610. The average molecular weight is 226 g/mol. The van der Waals surface area contributed by atoms with Crippen molar-refractivity contribution >= 4 is 5.91 Å². The Morgan fingerprint density at radius 2 is 2.38 bits per heavy atom. The van der Waals surface area contributed by atoms with Crippen LogP contribution >= 0.6 is 0 Å². The molecule has 2 saturated heterocycles. The van der Waals surface area contributed by atoms with Crippen LogP contribution in [0.25, 0.3) is 0 Å². The molecule has 3 unspecified atom stereocenters. The normalized spacial score (nSPS) is 35.8. The predicted molar refractivity (Wildman–Crippen MR) is 61.9 cm³/mol. The molecule has 1 N–H and O–H groups in total. The topological polar surface area (TPSA) is 41.6 Å². The first-order chi connectivity index (χ1) is 7.72. The molecule has 2 fully saturated rings. The second kappa shape index (κ2) is 5.15. The lowest BCUT2D eigenvalue weighted by Crippen LogP contribution is -2.40. The average Bonchev–Trinajstić information content (AvgIpc) is 2.58. The Morgan fingerprint density at radius 1 is 1.56 bits per heavy atom. The summed E-state index contributed by atoms with van der Waals surface area (Å²) in [7, 11) is 0. The van der Waals surface area contributed by atoms with E-state index in [-0.39, 0.29) is 18.1 Å². The maximum absolute atomic E-state index is 12.0. The zero-order valence-corrected chi connectivity index (χ0v) is 10.2. The molecule has 16 heavy (non-hydrogen) atoms. The Bertz CT molecular complexity index is 251. The molecule has 0 aromatic heterocycles. The zero-order valence-electron chi connectivity index (χ0n) is 10.2. The van der Waals surface area contributed by atoms with E-state index in [1.807, 2.05) is 4.90 Å². The fourth-order valence-electron chi connectivity index (χ4n) is 2.61. The molecule has 0 aromatic carbocycles. The summed E-state index contributed by atoms with van der Waals surface area (Å²) in [5.41, 5.74) is 0. The number of nitrogens with one attached hydrogen (secondary N) is 1. The van der Waals surface area contributed by atoms with Gasteiger partial charge in [-0.1, -0.05) is 6.92 Å². The van der Waals surface area contributed by atoms with E-state index >= 15 is 0 Å². The van der Waals surface area contributed by atoms with Crippen LogP contribution in [0.4, 0.5) is 0 Å². The van der Waals surface area contributed by atoms with Gasteiger partial charge in [-0.15, -0.1) is 0 Å². The van der Waals surface area contributed by atoms with Gasteiger partial charge in [-0.25, -0.2) is 0 Å². The highest BCUT2D eigenvalue weighted by molar-refractivity contribution is 5.84. The molecule has 4 nitrogen and oxygen atoms in total. The first kappa shape index (κ1) is 11.9. The molecule has 0 radical (unpaired) electrons. The number of carbonyl (C=O) groups is 1. The van der Waals surface area contributed by atoms with Gasteiger partial charge in [0.15, 0.2) is 0 Å². The molecular formula is C12H22N2O2. The summed E-state index contributed by atoms with van der Waals surface area (Å²) in [4.78, 5) is 14.0. The number of rotatable bonds is 3. The second-order valence-corrected chi connectivity index (χ2v) is 4.88. The molecule has 2 aliphatic heterocycles. The van der Waals surface area contributed by atoms with Crippen LogP contribution in [0.1, 0.15) is 33.1 Å². The summed E-state index contributed by atoms with van der Waals surface area (Å²) in [5, 5.41) is 3.33. The number of ether oxygens (including phenoxy) is 1. The van der Waals surface area contributed by atoms with E-state index in [0.717, 1.165) is 32.6 Å². The number of hydrogen-bond donors (Lipinski definition) is 1. The molecule has 92 valence electrons. The van der Waals surface area contributed by atoms with Gasteiger partial charge in [-0.05, 0) is 26.2 Å². The lowest BCUT2D eigenvalue weighted by atomic mass is 10.0. The molecule has 0 aliphatic carbocycles. The van der Waals surface area contributed by atoms with Gasteiger partial charge in [-0.3, -0.25) is 10.1 Å². The fourth-order valence-corrected chi connectivity index (χ4v) is 2.61. The van der Waals surface area contributed by atoms with Gasteiger partial charge in [0.25, 0.3) is 0 Å². The summed E-state index contributed by atoms with van der Waals surface area (Å²) in [6.45, 7) is 6.67. The van der Waals surface area contributed by atoms with Crippen LogP contribution in [-0.2, 0) is 9.53 Å². The Labute approximate surface area is 97.3 Å². The molecule has 0 bridgehead atoms. The van der Waals surface area contributed by atoms with Crippen LogP contribution in [0, 0.1) is 5.92 Å². The van der Waals surface area contributed by atoms with E-state index in [2.05, 4.69) is 19.2 Å². The highest BCUT2D eigenvalue weighted by atomic mass is 16.5. The van der Waals surface area contributed by atoms with Gasteiger partial charge in [0.1, 0.15) is 0 Å². The van der Waals surface area contributed by atoms with Crippen molar-refractivity contribution in [2.45, 2.75) is 45.3 Å². The monoisotopic (exact) mass is 226 g/mol. The minimum atomic E-state index is 0.0273. The van der Waals surface area contributed by atoms with Crippen molar-refractivity contribution in [2.24, 2.45) is 5.92 Å². The maximum atomic E-state index is 12.0. The summed E-state index contributed by atoms with van der Waals surface area (Å²) >= 11 is 0. The number of carbonyl (C=O) groups excluding carboxylic acids is 1. The molecule has 2 aliphatic rings. The van der Waals surface area contributed by atoms with Crippen molar-refractivity contribution < 1.29 is 9.53 Å². The van der Waals surface area contributed by atoms with Crippen molar-refractivity contribution in [3.05, 3.63) is 0 Å². The number of nitrogens with zero attached hydrogens (tertiary/aromatic N) is 1. The van der Waals surface area contributed by atoms with Crippen LogP contribution in [0.5, 0.6) is 0 Å². The molecule has 3 atom stereocenters. The minimum Gasteiger partial charge on any atom is -0.381 e. The molecule has 2 heterocycles. The Kier molecular flexibility index (Phi) is 3.82. The van der Waals surface area contributed by atoms with E-state index in [4.69, 9.17) is 4.74 Å². The molecule has 2 rings (SSSR count). The minimum absolute atomic E-state index is 0.0273. The molecule has 4 heteroatoms. The summed E-state index contributed by atoms with van der Waals surface area (Å²) in [6, 6.07) is 0.0273. The van der Waals surface area contributed by atoms with Crippen LogP contribution in [0.3, 0.4) is 0 Å². The van der Waals surface area contributed by atoms with E-state index in [1.54, 1.807) is 0 Å². The summed E-state index contributed by atoms with van der Waals surface area (Å²) in [6.07, 6.45) is 3.37. The SMILES string of the molecule is CCC1NC(C)N(CC2CCCOC2)C1=O. The summed E-state index contributed by atoms with van der Waals surface area (Å²) < 4.78 is 5.46. The zero-order chi connectivity index (χ0) is 11.5. The fraction of sp³-hybridized carbons (Fsp3) is 0.917. The lowest BCUT2D eigenvalue weighted by Gasteiger charge is -2.29. The van der Waals surface area contributed by atoms with E-state index in [9.17, 15) is 4.79 Å². The predicted octanol–water partition coefficient (Wildman–Crippen LogP) is 0.969. The first-order valence-corrected chi connectivity index (χ1v) is 6.36. The first-order valence-electron chi connectivity index (χ1n) is 6.36. The highest BCUT2D eigenvalue weighted by Gasteiger charge is 2.36. The van der Waals surface area contributed by atoms with E-state index < -0.39 is 0 Å². The summed E-state index contributed by atoms with van der Waals surface area (Å²) in [5.74, 6) is 0.790. The lowest BCUT2D eigenvalue weighted by molar-refractivity contribution is -0.131. The van der Waals surface area contributed by atoms with Crippen molar-refractivity contribution in [1.29, 1.82) is 0 Å². The smallest absolute Gasteiger partial charge is 0.241 e. The van der Waals surface area contributed by atoms with Gasteiger partial charge in [0.2, 0.25) is 5.91 Å². The maximum Gasteiger partial charge on any atom is 0.241 e. The quantitative estimate of drug-likeness (QED) is 0.779. The molecule has 0 saturated carbocycles. The van der Waals surface area contributed by atoms with Crippen molar-refractivity contribution in [2.75, 3.05) is 19.8 Å². The van der Waals surface area contributed by atoms with Gasteiger partial charge < -0.3 is 9.64 Å². The van der Waals surface area contributed by atoms with Gasteiger partial charge in [-0.2, -0.15) is 0 Å². The van der Waals surface area contributed by atoms with E-state index in [1.165, 1.54) is 6.42 Å². The largest absolute Gasteiger partial charge is 0.381 e. The molecule has 0 aromatic rings. The van der Waals surface area contributed by atoms with Crippen LogP contribution in [0.2, 0.25) is 0 Å². The van der Waals surface area contributed by atoms with Crippen molar-refractivity contribution in [3.8, 4) is 0 Å². The second-order valence-electron chi connectivity index (χ2n) is 4.88. The van der Waals surface area contributed by atoms with Crippen LogP contribution in [0.15, 0.2) is 0 Å². The third-order valence-electron chi connectivity index (χ3n) is 3.61.